The lowest BCUT2D eigenvalue weighted by Gasteiger charge is -2.20. The number of hydrogen-bond acceptors (Lipinski definition) is 13. The Labute approximate surface area is 242 Å². The van der Waals surface area contributed by atoms with E-state index in [-0.39, 0.29) is 11.1 Å². The molecule has 2 saturated heterocycles. The van der Waals surface area contributed by atoms with Gasteiger partial charge in [-0.3, -0.25) is 18.6 Å². The van der Waals surface area contributed by atoms with Crippen LogP contribution < -0.4 is 20.6 Å². The molecule has 0 radical (unpaired) electrons. The van der Waals surface area contributed by atoms with Crippen molar-refractivity contribution in [2.45, 2.75) is 49.1 Å². The standard InChI is InChI=1S/C22H28N4O15P2/c23-19(31)11-3-1-5-25(7-11)21-17(29)15(27)13(39-21)9-37-42(33,34)41-43(35,36)38-10-14-16(28)18(30)22(40-14)26-6-2-4-12(8-26)20(24)32/h1-8,13-18,21-22,27-30H,9-10H2,(H4-2,23,24,31,32,33,34,35,36)/p+2/t13-,14-,15-,16-,17-,18-,21-,22+/m1/s1. The number of phosphoric ester groups is 2. The summed E-state index contributed by atoms with van der Waals surface area (Å²) in [4.78, 5) is 42.8. The minimum absolute atomic E-state index is 0.0658. The Balaban J connectivity index is 1.31. The smallest absolute Gasteiger partial charge is 0.387 e. The molecule has 19 nitrogen and oxygen atoms in total. The van der Waals surface area contributed by atoms with E-state index in [1.54, 1.807) is 0 Å². The Bertz CT molecular complexity index is 1340. The van der Waals surface area contributed by atoms with E-state index in [4.69, 9.17) is 20.9 Å². The topological polar surface area (TPSA) is 296 Å². The molecule has 0 aromatic carbocycles. The van der Waals surface area contributed by atoms with Gasteiger partial charge in [-0.05, 0) is 12.1 Å². The number of primary amides is 2. The molecule has 0 spiro atoms. The number of amides is 2. The molecule has 0 bridgehead atoms. The van der Waals surface area contributed by atoms with E-state index in [1.165, 1.54) is 58.2 Å². The SMILES string of the molecule is NC(=O)c1ccc[n+]([C@@H]2O[C@H](COP(=O)(O)OP(=O)(O)OC[C@H]3O[C@H]([n+]4cccc(C(N)=O)c4)[C@H](O)[C@@H]3O)[C@@H](O)[C@H]2O)c1. The van der Waals surface area contributed by atoms with Crippen LogP contribution in [0.25, 0.3) is 0 Å². The zero-order chi connectivity index (χ0) is 31.7. The van der Waals surface area contributed by atoms with Crippen LogP contribution in [0, 0.1) is 0 Å². The number of aliphatic hydroxyl groups is 4. The molecule has 2 aromatic heterocycles. The maximum Gasteiger partial charge on any atom is 0.481 e. The molecule has 43 heavy (non-hydrogen) atoms. The fourth-order valence-electron chi connectivity index (χ4n) is 4.33. The van der Waals surface area contributed by atoms with Crippen LogP contribution in [0.2, 0.25) is 0 Å². The van der Waals surface area contributed by atoms with Gasteiger partial charge in [-0.2, -0.15) is 13.4 Å². The highest BCUT2D eigenvalue weighted by Crippen LogP contribution is 2.60. The number of aliphatic hydroxyl groups excluding tert-OH is 4. The Morgan fingerprint density at radius 1 is 0.744 bits per heavy atom. The first-order valence-electron chi connectivity index (χ1n) is 12.4. The van der Waals surface area contributed by atoms with E-state index >= 15 is 0 Å². The average Bonchev–Trinajstić information content (AvgIpc) is 3.40. The summed E-state index contributed by atoms with van der Waals surface area (Å²) in [6, 6.07) is 5.65. The average molecular weight is 652 g/mol. The monoisotopic (exact) mass is 652 g/mol. The number of pyridine rings is 2. The van der Waals surface area contributed by atoms with Crippen LogP contribution in [0.5, 0.6) is 0 Å². The Morgan fingerprint density at radius 2 is 1.12 bits per heavy atom. The summed E-state index contributed by atoms with van der Waals surface area (Å²) >= 11 is 0. The fraction of sp³-hybridized carbons (Fsp3) is 0.455. The van der Waals surface area contributed by atoms with Gasteiger partial charge in [0.2, 0.25) is 0 Å². The molecule has 2 fully saturated rings. The molecular formula is C22H30N4O15P2+2. The molecule has 0 aliphatic carbocycles. The fourth-order valence-corrected chi connectivity index (χ4v) is 6.42. The molecule has 2 amide bonds. The molecule has 2 aliphatic heterocycles. The van der Waals surface area contributed by atoms with Gasteiger partial charge in [0, 0.05) is 12.1 Å². The molecule has 4 heterocycles. The van der Waals surface area contributed by atoms with Gasteiger partial charge in [0.25, 0.3) is 24.3 Å². The van der Waals surface area contributed by atoms with E-state index < -0.39 is 89.8 Å². The van der Waals surface area contributed by atoms with Gasteiger partial charge in [0.1, 0.15) is 35.5 Å². The maximum absolute atomic E-state index is 12.4. The lowest BCUT2D eigenvalue weighted by atomic mass is 10.1. The third-order valence-corrected chi connectivity index (χ3v) is 9.09. The van der Waals surface area contributed by atoms with Gasteiger partial charge < -0.3 is 51.2 Å². The number of nitrogens with zero attached hydrogens (tertiary/aromatic N) is 2. The molecule has 10 N–H and O–H groups in total. The molecule has 10 atom stereocenters. The number of aromatic nitrogens is 2. The number of rotatable bonds is 12. The second-order valence-corrected chi connectivity index (χ2v) is 12.6. The molecule has 2 aromatic rings. The van der Waals surface area contributed by atoms with Crippen LogP contribution in [0.15, 0.2) is 49.1 Å². The lowest BCUT2D eigenvalue weighted by molar-refractivity contribution is -0.766. The van der Waals surface area contributed by atoms with Crippen molar-refractivity contribution in [3.05, 3.63) is 60.2 Å². The zero-order valence-electron chi connectivity index (χ0n) is 22.0. The first-order chi connectivity index (χ1) is 20.1. The minimum Gasteiger partial charge on any atom is -0.387 e. The van der Waals surface area contributed by atoms with Gasteiger partial charge in [0.05, 0.1) is 13.2 Å². The summed E-state index contributed by atoms with van der Waals surface area (Å²) in [7, 11) is -10.7. The number of carbonyl (C=O) groups is 2. The van der Waals surface area contributed by atoms with Crippen LogP contribution in [0.3, 0.4) is 0 Å². The van der Waals surface area contributed by atoms with Crippen LogP contribution in [0.1, 0.15) is 33.2 Å². The first-order valence-corrected chi connectivity index (χ1v) is 15.4. The van der Waals surface area contributed by atoms with Crippen molar-refractivity contribution in [2.75, 3.05) is 13.2 Å². The summed E-state index contributed by atoms with van der Waals surface area (Å²) in [6.07, 6.45) is -6.57. The molecule has 2 aliphatic rings. The van der Waals surface area contributed by atoms with Crippen molar-refractivity contribution in [3.63, 3.8) is 0 Å². The van der Waals surface area contributed by atoms with E-state index in [1.807, 2.05) is 0 Å². The van der Waals surface area contributed by atoms with Crippen LogP contribution >= 0.6 is 15.6 Å². The molecule has 4 rings (SSSR count). The third-order valence-electron chi connectivity index (χ3n) is 6.49. The Morgan fingerprint density at radius 3 is 1.47 bits per heavy atom. The lowest BCUT2D eigenvalue weighted by Crippen LogP contribution is -2.46. The Kier molecular flexibility index (Phi) is 10.1. The second-order valence-electron chi connectivity index (χ2n) is 9.51. The minimum atomic E-state index is -5.37. The molecule has 236 valence electrons. The van der Waals surface area contributed by atoms with Gasteiger partial charge in [-0.1, -0.05) is 0 Å². The van der Waals surface area contributed by atoms with Gasteiger partial charge in [-0.25, -0.2) is 9.13 Å². The van der Waals surface area contributed by atoms with E-state index in [0.29, 0.717) is 0 Å². The predicted octanol–water partition coefficient (Wildman–Crippen LogP) is -3.35. The quantitative estimate of drug-likeness (QED) is 0.0821. The predicted molar refractivity (Wildman–Crippen MR) is 135 cm³/mol. The highest BCUT2D eigenvalue weighted by molar-refractivity contribution is 7.61. The van der Waals surface area contributed by atoms with Crippen molar-refractivity contribution in [1.29, 1.82) is 0 Å². The Hall–Kier alpha value is -2.74. The molecule has 0 saturated carbocycles. The molecule has 21 heteroatoms. The summed E-state index contributed by atoms with van der Waals surface area (Å²) in [5, 5.41) is 41.3. The number of carbonyl (C=O) groups excluding carboxylic acids is 2. The second kappa shape index (κ2) is 13.1. The van der Waals surface area contributed by atoms with Gasteiger partial charge in [-0.15, -0.1) is 0 Å². The van der Waals surface area contributed by atoms with E-state index in [9.17, 15) is 48.9 Å². The first kappa shape index (κ1) is 33.2. The third kappa shape index (κ3) is 7.86. The van der Waals surface area contributed by atoms with Crippen LogP contribution in [0.4, 0.5) is 0 Å². The number of hydrogen-bond donors (Lipinski definition) is 8. The summed E-state index contributed by atoms with van der Waals surface area (Å²) in [5.74, 6) is -1.54. The van der Waals surface area contributed by atoms with E-state index in [0.717, 1.165) is 0 Å². The van der Waals surface area contributed by atoms with Crippen molar-refractivity contribution >= 4 is 27.5 Å². The zero-order valence-corrected chi connectivity index (χ0v) is 23.7. The number of ether oxygens (including phenoxy) is 2. The van der Waals surface area contributed by atoms with Gasteiger partial charge >= 0.3 is 15.6 Å². The summed E-state index contributed by atoms with van der Waals surface area (Å²) < 4.78 is 51.7. The number of phosphoric acid groups is 2. The van der Waals surface area contributed by atoms with Crippen molar-refractivity contribution in [3.8, 4) is 0 Å². The summed E-state index contributed by atoms with van der Waals surface area (Å²) in [5.41, 5.74) is 10.6. The molecular weight excluding hydrogens is 622 g/mol. The van der Waals surface area contributed by atoms with Gasteiger partial charge in [0.15, 0.2) is 37.0 Å². The summed E-state index contributed by atoms with van der Waals surface area (Å²) in [6.45, 7) is -1.81. The van der Waals surface area contributed by atoms with Crippen molar-refractivity contribution in [2.24, 2.45) is 11.5 Å². The van der Waals surface area contributed by atoms with Crippen LogP contribution in [-0.4, -0.2) is 91.9 Å². The van der Waals surface area contributed by atoms with Crippen LogP contribution in [-0.2, 0) is 32.0 Å². The molecule has 2 unspecified atom stereocenters. The normalized spacial score (nSPS) is 31.8. The van der Waals surface area contributed by atoms with E-state index in [2.05, 4.69) is 13.4 Å². The maximum atomic E-state index is 12.4. The number of nitrogens with two attached hydrogens (primary N) is 2. The van der Waals surface area contributed by atoms with Crippen molar-refractivity contribution in [1.82, 2.24) is 0 Å². The highest BCUT2D eigenvalue weighted by atomic mass is 31.3. The largest absolute Gasteiger partial charge is 0.481 e. The highest BCUT2D eigenvalue weighted by Gasteiger charge is 2.51. The van der Waals surface area contributed by atoms with Crippen molar-refractivity contribution < 1.29 is 80.9 Å².